The Morgan fingerprint density at radius 1 is 0.927 bits per heavy atom. The number of anilines is 1. The van der Waals surface area contributed by atoms with Gasteiger partial charge in [0.05, 0.1) is 16.7 Å². The van der Waals surface area contributed by atoms with Gasteiger partial charge in [-0.2, -0.15) is 5.26 Å². The normalized spacial score (nSPS) is 14.0. The van der Waals surface area contributed by atoms with Gasteiger partial charge < -0.3 is 10.4 Å². The van der Waals surface area contributed by atoms with Crippen molar-refractivity contribution in [1.29, 1.82) is 5.26 Å². The fourth-order valence-corrected chi connectivity index (χ4v) is 5.19. The van der Waals surface area contributed by atoms with Gasteiger partial charge >= 0.3 is 5.97 Å². The highest BCUT2D eigenvalue weighted by Crippen LogP contribution is 2.33. The largest absolute Gasteiger partial charge is 0.477 e. The lowest BCUT2D eigenvalue weighted by molar-refractivity contribution is 0.0691. The molecule has 5 aromatic rings. The number of piperidine rings is 1. The van der Waals surface area contributed by atoms with Gasteiger partial charge in [0.25, 0.3) is 0 Å². The van der Waals surface area contributed by atoms with Crippen LogP contribution < -0.4 is 5.32 Å². The Morgan fingerprint density at radius 3 is 2.44 bits per heavy atom. The second-order valence-electron chi connectivity index (χ2n) is 10.1. The Morgan fingerprint density at radius 2 is 1.71 bits per heavy atom. The molecule has 0 amide bonds. The first-order valence-corrected chi connectivity index (χ1v) is 13.5. The van der Waals surface area contributed by atoms with E-state index in [0.29, 0.717) is 22.9 Å². The van der Waals surface area contributed by atoms with Crippen molar-refractivity contribution < 1.29 is 9.90 Å². The Hall–Kier alpha value is -5.20. The Kier molecular flexibility index (Phi) is 7.30. The van der Waals surface area contributed by atoms with Crippen LogP contribution in [0.3, 0.4) is 0 Å². The predicted molar refractivity (Wildman–Crippen MR) is 156 cm³/mol. The average Bonchev–Trinajstić information content (AvgIpc) is 3.02. The second kappa shape index (κ2) is 11.5. The molecule has 9 nitrogen and oxygen atoms in total. The van der Waals surface area contributed by atoms with Crippen molar-refractivity contribution >= 4 is 22.8 Å². The number of nitriles is 1. The Bertz CT molecular complexity index is 1740. The minimum Gasteiger partial charge on any atom is -0.477 e. The predicted octanol–water partition coefficient (Wildman–Crippen LogP) is 5.40. The zero-order valence-electron chi connectivity index (χ0n) is 22.2. The molecule has 202 valence electrons. The van der Waals surface area contributed by atoms with Crippen molar-refractivity contribution in [3.8, 4) is 28.5 Å². The number of benzene rings is 2. The number of carbonyl (C=O) groups is 1. The molecule has 0 spiro atoms. The lowest BCUT2D eigenvalue weighted by atomic mass is 9.97. The molecule has 6 rings (SSSR count). The number of likely N-dealkylation sites (tertiary alicyclic amines) is 1. The van der Waals surface area contributed by atoms with Gasteiger partial charge in [-0.25, -0.2) is 24.7 Å². The lowest BCUT2D eigenvalue weighted by Gasteiger charge is -2.32. The molecule has 4 heterocycles. The average molecular weight is 542 g/mol. The molecule has 41 heavy (non-hydrogen) atoms. The summed E-state index contributed by atoms with van der Waals surface area (Å²) in [7, 11) is 0. The lowest BCUT2D eigenvalue weighted by Crippen LogP contribution is -2.38. The first-order valence-electron chi connectivity index (χ1n) is 13.5. The van der Waals surface area contributed by atoms with Gasteiger partial charge in [-0.3, -0.25) is 4.90 Å². The summed E-state index contributed by atoms with van der Waals surface area (Å²) in [6.45, 7) is 2.79. The molecule has 1 aliphatic rings. The van der Waals surface area contributed by atoms with Crippen LogP contribution in [0.1, 0.15) is 34.7 Å². The first kappa shape index (κ1) is 26.0. The number of hydrogen-bond acceptors (Lipinski definition) is 8. The van der Waals surface area contributed by atoms with Crippen molar-refractivity contribution in [2.24, 2.45) is 0 Å². The summed E-state index contributed by atoms with van der Waals surface area (Å²) in [5.74, 6) is -0.191. The van der Waals surface area contributed by atoms with Gasteiger partial charge in [0.15, 0.2) is 0 Å². The van der Waals surface area contributed by atoms with Crippen LogP contribution in [0.15, 0.2) is 85.1 Å². The number of carboxylic acids is 1. The highest BCUT2D eigenvalue weighted by atomic mass is 16.4. The van der Waals surface area contributed by atoms with E-state index in [2.05, 4.69) is 49.4 Å². The number of aromatic carboxylic acids is 1. The summed E-state index contributed by atoms with van der Waals surface area (Å²) in [5.41, 5.74) is 6.13. The number of nitrogens with one attached hydrogen (secondary N) is 1. The highest BCUT2D eigenvalue weighted by Gasteiger charge is 2.20. The maximum Gasteiger partial charge on any atom is 0.354 e. The molecule has 0 unspecified atom stereocenters. The quantitative estimate of drug-likeness (QED) is 0.278. The van der Waals surface area contributed by atoms with Crippen LogP contribution in [0.4, 0.5) is 5.82 Å². The maximum absolute atomic E-state index is 11.5. The summed E-state index contributed by atoms with van der Waals surface area (Å²) in [6, 6.07) is 27.7. The molecule has 0 bridgehead atoms. The molecule has 1 fully saturated rings. The molecule has 3 aromatic heterocycles. The van der Waals surface area contributed by atoms with Gasteiger partial charge in [0, 0.05) is 43.0 Å². The third-order valence-corrected chi connectivity index (χ3v) is 7.30. The molecular formula is C32H27N7O2. The first-order chi connectivity index (χ1) is 20.1. The minimum absolute atomic E-state index is 0.00241. The smallest absolute Gasteiger partial charge is 0.354 e. The number of hydrogen-bond donors (Lipinski definition) is 2. The second-order valence-corrected chi connectivity index (χ2v) is 10.1. The van der Waals surface area contributed by atoms with Crippen LogP contribution in [-0.4, -0.2) is 55.0 Å². The van der Waals surface area contributed by atoms with Crippen molar-refractivity contribution in [3.63, 3.8) is 0 Å². The number of carboxylic acid groups (broad SMARTS) is 1. The van der Waals surface area contributed by atoms with Crippen LogP contribution in [-0.2, 0) is 6.54 Å². The van der Waals surface area contributed by atoms with Crippen molar-refractivity contribution in [2.75, 3.05) is 18.4 Å². The standard InChI is InChI=1S/C32H27N7O2/c33-19-30-34-15-12-29(38-30)35-24-13-16-39(17-14-24)20-21-6-8-23(9-7-21)31-25(22-4-2-1-3-5-22)18-28-26(37-31)10-11-27(36-28)32(40)41/h1-12,15,18,24H,13-14,16-17,20H2,(H,40,41)(H,34,35,38). The van der Waals surface area contributed by atoms with Crippen LogP contribution >= 0.6 is 0 Å². The van der Waals surface area contributed by atoms with E-state index in [4.69, 9.17) is 10.2 Å². The zero-order valence-corrected chi connectivity index (χ0v) is 22.2. The monoisotopic (exact) mass is 541 g/mol. The Labute approximate surface area is 237 Å². The van der Waals surface area contributed by atoms with Gasteiger partial charge in [-0.05, 0) is 48.2 Å². The summed E-state index contributed by atoms with van der Waals surface area (Å²) in [6.07, 6.45) is 3.58. The molecule has 0 saturated carbocycles. The van der Waals surface area contributed by atoms with Crippen molar-refractivity contribution in [2.45, 2.75) is 25.4 Å². The van der Waals surface area contributed by atoms with Gasteiger partial charge in [-0.15, -0.1) is 0 Å². The third-order valence-electron chi connectivity index (χ3n) is 7.30. The van der Waals surface area contributed by atoms with Crippen LogP contribution in [0.25, 0.3) is 33.4 Å². The summed E-state index contributed by atoms with van der Waals surface area (Å²) >= 11 is 0. The molecular weight excluding hydrogens is 514 g/mol. The van der Waals surface area contributed by atoms with E-state index in [9.17, 15) is 9.90 Å². The topological polar surface area (TPSA) is 128 Å². The molecule has 2 aromatic carbocycles. The van der Waals surface area contributed by atoms with Gasteiger partial charge in [-0.1, -0.05) is 54.6 Å². The van der Waals surface area contributed by atoms with Crippen molar-refractivity contribution in [3.05, 3.63) is 102 Å². The summed E-state index contributed by atoms with van der Waals surface area (Å²) in [4.78, 5) is 31.3. The number of fused-ring (bicyclic) bond motifs is 1. The number of rotatable bonds is 7. The van der Waals surface area contributed by atoms with E-state index >= 15 is 0 Å². The zero-order chi connectivity index (χ0) is 28.2. The number of aromatic nitrogens is 4. The molecule has 0 aliphatic carbocycles. The van der Waals surface area contributed by atoms with Crippen LogP contribution in [0.2, 0.25) is 0 Å². The van der Waals surface area contributed by atoms with Crippen LogP contribution in [0, 0.1) is 11.3 Å². The van der Waals surface area contributed by atoms with E-state index in [0.717, 1.165) is 54.9 Å². The van der Waals surface area contributed by atoms with E-state index in [-0.39, 0.29) is 11.5 Å². The number of nitrogens with zero attached hydrogens (tertiary/aromatic N) is 6. The maximum atomic E-state index is 11.5. The molecule has 2 N–H and O–H groups in total. The fourth-order valence-electron chi connectivity index (χ4n) is 5.19. The summed E-state index contributed by atoms with van der Waals surface area (Å²) < 4.78 is 0. The minimum atomic E-state index is -1.06. The molecule has 0 atom stereocenters. The van der Waals surface area contributed by atoms with Crippen molar-refractivity contribution in [1.82, 2.24) is 24.8 Å². The van der Waals surface area contributed by atoms with Gasteiger partial charge in [0.1, 0.15) is 17.6 Å². The summed E-state index contributed by atoms with van der Waals surface area (Å²) in [5, 5.41) is 21.9. The Balaban J connectivity index is 1.18. The SMILES string of the molecule is N#Cc1nccc(NC2CCN(Cc3ccc(-c4nc5ccc(C(=O)O)nc5cc4-c4ccccc4)cc3)CC2)n1. The molecule has 0 radical (unpaired) electrons. The third kappa shape index (κ3) is 5.88. The highest BCUT2D eigenvalue weighted by molar-refractivity contribution is 5.93. The van der Waals surface area contributed by atoms with E-state index in [1.807, 2.05) is 42.5 Å². The van der Waals surface area contributed by atoms with E-state index in [1.165, 1.54) is 11.6 Å². The molecule has 1 saturated heterocycles. The van der Waals surface area contributed by atoms with E-state index in [1.54, 1.807) is 18.3 Å². The van der Waals surface area contributed by atoms with Crippen LogP contribution in [0.5, 0.6) is 0 Å². The molecule has 1 aliphatic heterocycles. The molecule has 9 heteroatoms. The van der Waals surface area contributed by atoms with Gasteiger partial charge in [0.2, 0.25) is 5.82 Å². The fraction of sp³-hybridized carbons (Fsp3) is 0.188. The number of pyridine rings is 2. The van der Waals surface area contributed by atoms with E-state index < -0.39 is 5.97 Å².